The maximum absolute atomic E-state index is 6.60. The van der Waals surface area contributed by atoms with Gasteiger partial charge in [0.05, 0.1) is 27.6 Å². The number of furan rings is 1. The van der Waals surface area contributed by atoms with Crippen LogP contribution in [0, 0.1) is 0 Å². The number of rotatable bonds is 4. The number of hydrogen-bond donors (Lipinski definition) is 0. The lowest BCUT2D eigenvalue weighted by Crippen LogP contribution is -1.93. The Hall–Kier alpha value is -6.97. The first-order chi connectivity index (χ1) is 25.8. The Morgan fingerprint density at radius 3 is 1.98 bits per heavy atom. The van der Waals surface area contributed by atoms with Crippen molar-refractivity contribution in [3.63, 3.8) is 0 Å². The highest BCUT2D eigenvalue weighted by atomic mass is 16.3. The minimum absolute atomic E-state index is 0.846. The second kappa shape index (κ2) is 11.3. The molecule has 11 aromatic rings. The molecule has 3 nitrogen and oxygen atoms in total. The van der Waals surface area contributed by atoms with Crippen LogP contribution < -0.4 is 0 Å². The molecule has 3 heterocycles. The van der Waals surface area contributed by atoms with Crippen molar-refractivity contribution in [2.45, 2.75) is 0 Å². The first kappa shape index (κ1) is 28.8. The molecule has 0 aliphatic carbocycles. The molecule has 0 unspecified atom stereocenters. The van der Waals surface area contributed by atoms with Gasteiger partial charge >= 0.3 is 0 Å². The zero-order valence-electron chi connectivity index (χ0n) is 28.1. The van der Waals surface area contributed by atoms with E-state index in [1.165, 1.54) is 21.8 Å². The van der Waals surface area contributed by atoms with E-state index in [1.807, 2.05) is 0 Å². The topological polar surface area (TPSA) is 31.0 Å². The zero-order valence-corrected chi connectivity index (χ0v) is 28.1. The molecule has 0 saturated carbocycles. The molecular formula is C49H30N2O. The third-order valence-corrected chi connectivity index (χ3v) is 10.6. The molecule has 0 N–H and O–H groups in total. The van der Waals surface area contributed by atoms with Crippen LogP contribution in [0.15, 0.2) is 186 Å². The van der Waals surface area contributed by atoms with Crippen molar-refractivity contribution in [2.24, 2.45) is 0 Å². The third kappa shape index (κ3) is 4.36. The monoisotopic (exact) mass is 662 g/mol. The number of aromatic nitrogens is 2. The molecule has 52 heavy (non-hydrogen) atoms. The number of fused-ring (bicyclic) bond motifs is 10. The summed E-state index contributed by atoms with van der Waals surface area (Å²) in [5.41, 5.74) is 12.8. The summed E-state index contributed by atoms with van der Waals surface area (Å²) in [4.78, 5) is 5.47. The number of pyridine rings is 1. The van der Waals surface area contributed by atoms with Gasteiger partial charge < -0.3 is 8.98 Å². The molecule has 0 bridgehead atoms. The maximum Gasteiger partial charge on any atom is 0.143 e. The van der Waals surface area contributed by atoms with E-state index in [1.54, 1.807) is 0 Å². The second-order valence-electron chi connectivity index (χ2n) is 13.5. The van der Waals surface area contributed by atoms with Crippen LogP contribution in [0.3, 0.4) is 0 Å². The van der Waals surface area contributed by atoms with Crippen molar-refractivity contribution >= 4 is 65.4 Å². The van der Waals surface area contributed by atoms with Gasteiger partial charge in [-0.2, -0.15) is 0 Å². The molecule has 0 amide bonds. The van der Waals surface area contributed by atoms with Crippen LogP contribution in [0.25, 0.3) is 105 Å². The molecule has 0 radical (unpaired) electrons. The highest BCUT2D eigenvalue weighted by Crippen LogP contribution is 2.42. The summed E-state index contributed by atoms with van der Waals surface area (Å²) >= 11 is 0. The van der Waals surface area contributed by atoms with Crippen LogP contribution in [-0.2, 0) is 0 Å². The molecule has 0 atom stereocenters. The Balaban J connectivity index is 1.13. The van der Waals surface area contributed by atoms with Gasteiger partial charge in [-0.15, -0.1) is 0 Å². The lowest BCUT2D eigenvalue weighted by atomic mass is 9.95. The molecule has 3 heteroatoms. The highest BCUT2D eigenvalue weighted by molar-refractivity contribution is 6.23. The fourth-order valence-electron chi connectivity index (χ4n) is 8.15. The summed E-state index contributed by atoms with van der Waals surface area (Å²) in [5, 5.41) is 8.00. The van der Waals surface area contributed by atoms with E-state index in [9.17, 15) is 0 Å². The van der Waals surface area contributed by atoms with Crippen LogP contribution in [0.5, 0.6) is 0 Å². The van der Waals surface area contributed by atoms with Gasteiger partial charge in [0.15, 0.2) is 0 Å². The largest absolute Gasteiger partial charge is 0.455 e. The predicted molar refractivity (Wildman–Crippen MR) is 217 cm³/mol. The molecule has 0 spiro atoms. The van der Waals surface area contributed by atoms with Crippen molar-refractivity contribution in [2.75, 3.05) is 0 Å². The van der Waals surface area contributed by atoms with E-state index >= 15 is 0 Å². The second-order valence-corrected chi connectivity index (χ2v) is 13.5. The minimum atomic E-state index is 0.846. The standard InChI is InChI=1S/C49H30N2O/c1-3-12-31(13-4-1)42-30-43(50-48-40(42)26-27-46-47(48)41-25-22-32-14-7-8-19-37(32)49(41)52-46)35-16-11-15-33(28-35)34-23-24-39-38-20-9-10-21-44(38)51(45(39)29-34)36-17-5-2-6-18-36/h1-30H. The van der Waals surface area contributed by atoms with Crippen LogP contribution >= 0.6 is 0 Å². The first-order valence-electron chi connectivity index (χ1n) is 17.7. The average molecular weight is 663 g/mol. The van der Waals surface area contributed by atoms with Gasteiger partial charge in [0, 0.05) is 38.2 Å². The van der Waals surface area contributed by atoms with Crippen molar-refractivity contribution in [1.82, 2.24) is 9.55 Å². The van der Waals surface area contributed by atoms with Crippen LogP contribution in [0.1, 0.15) is 0 Å². The van der Waals surface area contributed by atoms with Crippen LogP contribution in [0.4, 0.5) is 0 Å². The van der Waals surface area contributed by atoms with Gasteiger partial charge in [-0.25, -0.2) is 4.98 Å². The van der Waals surface area contributed by atoms with Crippen molar-refractivity contribution < 1.29 is 4.42 Å². The van der Waals surface area contributed by atoms with E-state index in [-0.39, 0.29) is 0 Å². The van der Waals surface area contributed by atoms with Crippen molar-refractivity contribution in [3.8, 4) is 39.2 Å². The predicted octanol–water partition coefficient (Wildman–Crippen LogP) is 13.4. The third-order valence-electron chi connectivity index (χ3n) is 10.6. The fraction of sp³-hybridized carbons (Fsp3) is 0. The normalized spacial score (nSPS) is 11.8. The van der Waals surface area contributed by atoms with E-state index in [4.69, 9.17) is 9.40 Å². The first-order valence-corrected chi connectivity index (χ1v) is 17.7. The van der Waals surface area contributed by atoms with E-state index in [0.717, 1.165) is 82.8 Å². The maximum atomic E-state index is 6.60. The van der Waals surface area contributed by atoms with Gasteiger partial charge in [-0.05, 0) is 82.2 Å². The highest BCUT2D eigenvalue weighted by Gasteiger charge is 2.19. The van der Waals surface area contributed by atoms with Crippen molar-refractivity contribution in [3.05, 3.63) is 182 Å². The van der Waals surface area contributed by atoms with Gasteiger partial charge in [0.25, 0.3) is 0 Å². The summed E-state index contributed by atoms with van der Waals surface area (Å²) < 4.78 is 8.97. The van der Waals surface area contributed by atoms with Crippen molar-refractivity contribution in [1.29, 1.82) is 0 Å². The number of hydrogen-bond acceptors (Lipinski definition) is 2. The lowest BCUT2D eigenvalue weighted by Gasteiger charge is -2.13. The van der Waals surface area contributed by atoms with Gasteiger partial charge in [0.2, 0.25) is 0 Å². The molecule has 0 fully saturated rings. The summed E-state index contributed by atoms with van der Waals surface area (Å²) in [7, 11) is 0. The smallest absolute Gasteiger partial charge is 0.143 e. The Bertz CT molecular complexity index is 3170. The summed E-state index contributed by atoms with van der Waals surface area (Å²) in [6.07, 6.45) is 0. The molecule has 0 aliphatic heterocycles. The summed E-state index contributed by atoms with van der Waals surface area (Å²) in [6, 6.07) is 64.9. The Labute approximate surface area is 299 Å². The summed E-state index contributed by atoms with van der Waals surface area (Å²) in [5.74, 6) is 0. The quantitative estimate of drug-likeness (QED) is 0.188. The average Bonchev–Trinajstić information content (AvgIpc) is 3.77. The number of benzene rings is 8. The molecule has 3 aromatic heterocycles. The van der Waals surface area contributed by atoms with Gasteiger partial charge in [0.1, 0.15) is 11.2 Å². The summed E-state index contributed by atoms with van der Waals surface area (Å²) in [6.45, 7) is 0. The lowest BCUT2D eigenvalue weighted by molar-refractivity contribution is 0.673. The molecular weight excluding hydrogens is 633 g/mol. The van der Waals surface area contributed by atoms with E-state index < -0.39 is 0 Å². The van der Waals surface area contributed by atoms with Gasteiger partial charge in [-0.1, -0.05) is 127 Å². The molecule has 242 valence electrons. The number of nitrogens with zero attached hydrogens (tertiary/aromatic N) is 2. The Morgan fingerprint density at radius 1 is 0.423 bits per heavy atom. The van der Waals surface area contributed by atoms with E-state index in [2.05, 4.69) is 187 Å². The number of para-hydroxylation sites is 2. The minimum Gasteiger partial charge on any atom is -0.455 e. The zero-order chi connectivity index (χ0) is 34.2. The molecule has 0 aliphatic rings. The Kier molecular flexibility index (Phi) is 6.25. The van der Waals surface area contributed by atoms with Crippen LogP contribution in [-0.4, -0.2) is 9.55 Å². The molecule has 0 saturated heterocycles. The van der Waals surface area contributed by atoms with E-state index in [0.29, 0.717) is 0 Å². The van der Waals surface area contributed by atoms with Gasteiger partial charge in [-0.3, -0.25) is 0 Å². The van der Waals surface area contributed by atoms with Crippen LogP contribution in [0.2, 0.25) is 0 Å². The molecule has 8 aromatic carbocycles. The molecule has 11 rings (SSSR count). The SMILES string of the molecule is c1ccc(-c2cc(-c3cccc(-c4ccc5c6ccccc6n(-c6ccccc6)c5c4)c3)nc3c2ccc2oc4c5ccccc5ccc4c23)cc1. The fourth-order valence-corrected chi connectivity index (χ4v) is 8.15. The Morgan fingerprint density at radius 2 is 1.10 bits per heavy atom.